The Morgan fingerprint density at radius 1 is 0.941 bits per heavy atom. The molecular formula is C26H32N4O4. The molecule has 4 rings (SSSR count). The fourth-order valence-corrected chi connectivity index (χ4v) is 4.34. The molecule has 1 N–H and O–H groups in total. The minimum Gasteiger partial charge on any atom is -0.497 e. The number of amides is 2. The van der Waals surface area contributed by atoms with Crippen molar-refractivity contribution in [2.75, 3.05) is 34.4 Å². The van der Waals surface area contributed by atoms with Gasteiger partial charge in [-0.25, -0.2) is 9.78 Å². The third kappa shape index (κ3) is 5.62. The van der Waals surface area contributed by atoms with Gasteiger partial charge in [0.1, 0.15) is 23.1 Å². The Bertz CT molecular complexity index is 1070. The molecule has 0 bridgehead atoms. The van der Waals surface area contributed by atoms with Crippen LogP contribution in [0.15, 0.2) is 54.9 Å². The number of nitrogens with zero attached hydrogens (tertiary/aromatic N) is 3. The second kappa shape index (κ2) is 11.0. The van der Waals surface area contributed by atoms with E-state index in [2.05, 4.69) is 14.9 Å². The van der Waals surface area contributed by atoms with Crippen LogP contribution in [0.5, 0.6) is 17.2 Å². The van der Waals surface area contributed by atoms with E-state index >= 15 is 0 Å². The third-order valence-corrected chi connectivity index (χ3v) is 6.26. The number of imidazole rings is 1. The van der Waals surface area contributed by atoms with Crippen LogP contribution in [0.25, 0.3) is 0 Å². The lowest BCUT2D eigenvalue weighted by Crippen LogP contribution is -2.44. The summed E-state index contributed by atoms with van der Waals surface area (Å²) in [6, 6.07) is 13.6. The molecule has 8 nitrogen and oxygen atoms in total. The monoisotopic (exact) mass is 464 g/mol. The molecule has 1 fully saturated rings. The summed E-state index contributed by atoms with van der Waals surface area (Å²) in [4.78, 5) is 19.2. The van der Waals surface area contributed by atoms with Crippen LogP contribution in [0.3, 0.4) is 0 Å². The first-order valence-corrected chi connectivity index (χ1v) is 11.5. The lowest BCUT2D eigenvalue weighted by molar-refractivity contribution is 0.179. The normalized spacial score (nSPS) is 14.0. The summed E-state index contributed by atoms with van der Waals surface area (Å²) in [5.74, 6) is 3.71. The highest BCUT2D eigenvalue weighted by atomic mass is 16.5. The molecule has 0 spiro atoms. The van der Waals surface area contributed by atoms with E-state index in [1.165, 1.54) is 0 Å². The number of aromatic nitrogens is 2. The molecule has 0 atom stereocenters. The number of rotatable bonds is 8. The molecule has 0 aliphatic carbocycles. The molecular weight excluding hydrogens is 432 g/mol. The molecule has 1 aromatic heterocycles. The van der Waals surface area contributed by atoms with Gasteiger partial charge in [0.2, 0.25) is 0 Å². The molecule has 0 radical (unpaired) electrons. The largest absolute Gasteiger partial charge is 0.497 e. The van der Waals surface area contributed by atoms with Crippen molar-refractivity contribution in [2.24, 2.45) is 0 Å². The summed E-state index contributed by atoms with van der Waals surface area (Å²) >= 11 is 0. The van der Waals surface area contributed by atoms with Crippen LogP contribution < -0.4 is 19.5 Å². The van der Waals surface area contributed by atoms with E-state index in [-0.39, 0.29) is 6.03 Å². The summed E-state index contributed by atoms with van der Waals surface area (Å²) < 4.78 is 18.2. The molecule has 1 aliphatic rings. The van der Waals surface area contributed by atoms with Gasteiger partial charge in [0, 0.05) is 50.6 Å². The quantitative estimate of drug-likeness (QED) is 0.544. The number of carbonyl (C=O) groups excluding carboxylic acids is 1. The number of ether oxygens (including phenoxy) is 3. The first kappa shape index (κ1) is 23.5. The van der Waals surface area contributed by atoms with E-state index in [1.54, 1.807) is 21.3 Å². The predicted molar refractivity (Wildman–Crippen MR) is 130 cm³/mol. The van der Waals surface area contributed by atoms with E-state index in [1.807, 2.05) is 59.8 Å². The molecule has 2 amide bonds. The lowest BCUT2D eigenvalue weighted by Gasteiger charge is -2.32. The van der Waals surface area contributed by atoms with Crippen molar-refractivity contribution in [1.29, 1.82) is 0 Å². The number of urea groups is 1. The van der Waals surface area contributed by atoms with Crippen molar-refractivity contribution in [3.8, 4) is 17.2 Å². The highest BCUT2D eigenvalue weighted by Crippen LogP contribution is 2.29. The van der Waals surface area contributed by atoms with Crippen molar-refractivity contribution in [3.05, 3.63) is 71.8 Å². The van der Waals surface area contributed by atoms with Gasteiger partial charge in [0.25, 0.3) is 0 Å². The van der Waals surface area contributed by atoms with Gasteiger partial charge >= 0.3 is 6.03 Å². The maximum atomic E-state index is 12.7. The first-order chi connectivity index (χ1) is 16.6. The Morgan fingerprint density at radius 3 is 2.21 bits per heavy atom. The van der Waals surface area contributed by atoms with Crippen molar-refractivity contribution in [2.45, 2.75) is 31.8 Å². The summed E-state index contributed by atoms with van der Waals surface area (Å²) in [7, 11) is 4.95. The van der Waals surface area contributed by atoms with Crippen LogP contribution in [-0.4, -0.2) is 54.9 Å². The summed E-state index contributed by atoms with van der Waals surface area (Å²) in [6.45, 7) is 2.60. The molecule has 8 heteroatoms. The number of benzene rings is 2. The van der Waals surface area contributed by atoms with Crippen LogP contribution in [0, 0.1) is 0 Å². The number of piperidine rings is 1. The number of nitrogens with one attached hydrogen (secondary N) is 1. The highest BCUT2D eigenvalue weighted by molar-refractivity contribution is 5.74. The van der Waals surface area contributed by atoms with Crippen LogP contribution >= 0.6 is 0 Å². The second-order valence-corrected chi connectivity index (χ2v) is 8.40. The second-order valence-electron chi connectivity index (χ2n) is 8.40. The zero-order valence-corrected chi connectivity index (χ0v) is 20.0. The van der Waals surface area contributed by atoms with Crippen LogP contribution in [0.2, 0.25) is 0 Å². The fraction of sp³-hybridized carbons (Fsp3) is 0.385. The zero-order valence-electron chi connectivity index (χ0n) is 20.0. The fourth-order valence-electron chi connectivity index (χ4n) is 4.34. The maximum absolute atomic E-state index is 12.7. The molecule has 2 aromatic carbocycles. The number of methoxy groups -OCH3 is 3. The van der Waals surface area contributed by atoms with E-state index < -0.39 is 0 Å². The summed E-state index contributed by atoms with van der Waals surface area (Å²) in [5.41, 5.74) is 2.13. The van der Waals surface area contributed by atoms with Gasteiger partial charge in [-0.2, -0.15) is 0 Å². The van der Waals surface area contributed by atoms with Gasteiger partial charge in [-0.1, -0.05) is 12.1 Å². The van der Waals surface area contributed by atoms with Crippen LogP contribution in [0.1, 0.15) is 35.7 Å². The molecule has 0 saturated carbocycles. The average molecular weight is 465 g/mol. The minimum absolute atomic E-state index is 0.0268. The Morgan fingerprint density at radius 2 is 1.59 bits per heavy atom. The average Bonchev–Trinajstić information content (AvgIpc) is 3.35. The molecule has 2 heterocycles. The van der Waals surface area contributed by atoms with Crippen molar-refractivity contribution >= 4 is 6.03 Å². The van der Waals surface area contributed by atoms with E-state index in [0.29, 0.717) is 32.1 Å². The van der Waals surface area contributed by atoms with Gasteiger partial charge in [-0.3, -0.25) is 0 Å². The number of hydrogen-bond acceptors (Lipinski definition) is 5. The molecule has 180 valence electrons. The number of carbonyl (C=O) groups is 1. The standard InChI is InChI=1S/C26H32N4O4/c1-32-22-6-4-19(5-7-22)17-28-26(31)29-11-8-21(9-12-29)25-27-10-13-30(25)18-20-14-23(33-2)16-24(15-20)34-3/h4-7,10,13-16,21H,8-9,11-12,17-18H2,1-3H3,(H,28,31). The Kier molecular flexibility index (Phi) is 7.57. The van der Waals surface area contributed by atoms with Gasteiger partial charge in [-0.05, 0) is 48.2 Å². The first-order valence-electron chi connectivity index (χ1n) is 11.5. The van der Waals surface area contributed by atoms with E-state index in [4.69, 9.17) is 14.2 Å². The summed E-state index contributed by atoms with van der Waals surface area (Å²) in [6.07, 6.45) is 5.62. The van der Waals surface area contributed by atoms with Gasteiger partial charge in [0.05, 0.1) is 21.3 Å². The highest BCUT2D eigenvalue weighted by Gasteiger charge is 2.26. The number of hydrogen-bond donors (Lipinski definition) is 1. The zero-order chi connectivity index (χ0) is 23.9. The maximum Gasteiger partial charge on any atom is 0.317 e. The smallest absolute Gasteiger partial charge is 0.317 e. The van der Waals surface area contributed by atoms with E-state index in [9.17, 15) is 4.79 Å². The topological polar surface area (TPSA) is 77.9 Å². The molecule has 1 saturated heterocycles. The Hall–Kier alpha value is -3.68. The van der Waals surface area contributed by atoms with Crippen molar-refractivity contribution < 1.29 is 19.0 Å². The minimum atomic E-state index is -0.0268. The SMILES string of the molecule is COc1ccc(CNC(=O)N2CCC(c3nccn3Cc3cc(OC)cc(OC)c3)CC2)cc1. The third-order valence-electron chi connectivity index (χ3n) is 6.26. The van der Waals surface area contributed by atoms with Gasteiger partial charge in [-0.15, -0.1) is 0 Å². The van der Waals surface area contributed by atoms with Crippen molar-refractivity contribution in [1.82, 2.24) is 19.8 Å². The van der Waals surface area contributed by atoms with E-state index in [0.717, 1.165) is 47.0 Å². The number of likely N-dealkylation sites (tertiary alicyclic amines) is 1. The van der Waals surface area contributed by atoms with Gasteiger partial charge < -0.3 is 29.0 Å². The Labute approximate surface area is 200 Å². The lowest BCUT2D eigenvalue weighted by atomic mass is 9.96. The van der Waals surface area contributed by atoms with Gasteiger partial charge in [0.15, 0.2) is 0 Å². The molecule has 34 heavy (non-hydrogen) atoms. The molecule has 0 unspecified atom stereocenters. The van der Waals surface area contributed by atoms with Crippen LogP contribution in [0.4, 0.5) is 4.79 Å². The summed E-state index contributed by atoms with van der Waals surface area (Å²) in [5, 5.41) is 3.02. The molecule has 1 aliphatic heterocycles. The Balaban J connectivity index is 1.32. The predicted octanol–water partition coefficient (Wildman–Crippen LogP) is 4.05. The van der Waals surface area contributed by atoms with Crippen LogP contribution in [-0.2, 0) is 13.1 Å². The molecule has 3 aromatic rings. The van der Waals surface area contributed by atoms with Crippen molar-refractivity contribution in [3.63, 3.8) is 0 Å².